The minimum absolute atomic E-state index is 0. The van der Waals surface area contributed by atoms with E-state index < -0.39 is 0 Å². The van der Waals surface area contributed by atoms with Gasteiger partial charge in [-0.3, -0.25) is 0 Å². The van der Waals surface area contributed by atoms with Gasteiger partial charge in [0.2, 0.25) is 0 Å². The summed E-state index contributed by atoms with van der Waals surface area (Å²) in [6.45, 7) is 0. The van der Waals surface area contributed by atoms with Crippen molar-refractivity contribution in [3.8, 4) is 0 Å². The Labute approximate surface area is 191 Å². The van der Waals surface area contributed by atoms with Gasteiger partial charge < -0.3 is 0 Å². The predicted octanol–water partition coefficient (Wildman–Crippen LogP) is -0.782. The zero-order chi connectivity index (χ0) is 0. The van der Waals surface area contributed by atoms with Gasteiger partial charge in [-0.15, -0.1) is 0 Å². The molecule has 0 atom stereocenters. The summed E-state index contributed by atoms with van der Waals surface area (Å²) in [6.07, 6.45) is 0. The molecule has 0 aliphatic rings. The second kappa shape index (κ2) is 79.3. The van der Waals surface area contributed by atoms with Gasteiger partial charge in [0, 0.05) is 196 Å². The summed E-state index contributed by atoms with van der Waals surface area (Å²) in [6, 6.07) is 0. The van der Waals surface area contributed by atoms with Gasteiger partial charge in [-0.2, -0.15) is 0 Å². The molecule has 10 heavy (non-hydrogen) atoms. The van der Waals surface area contributed by atoms with E-state index in [4.69, 9.17) is 0 Å². The summed E-state index contributed by atoms with van der Waals surface area (Å²) in [5.74, 6) is 0. The molecule has 10 heteroatoms. The van der Waals surface area contributed by atoms with Gasteiger partial charge >= 0.3 is 0 Å². The third kappa shape index (κ3) is 64.1. The Bertz CT molecular complexity index is 33.2. The van der Waals surface area contributed by atoms with E-state index in [1.54, 1.807) is 0 Å². The minimum Gasteiger partial charge on any atom is 0 e. The normalized spacial score (nSPS) is 0. The molecule has 0 aromatic carbocycles. The van der Waals surface area contributed by atoms with E-state index in [1.807, 2.05) is 0 Å². The maximum absolute atomic E-state index is 0. The van der Waals surface area contributed by atoms with Crippen molar-refractivity contribution in [1.82, 2.24) is 0 Å². The van der Waals surface area contributed by atoms with E-state index in [9.17, 15) is 0 Å². The summed E-state index contributed by atoms with van der Waals surface area (Å²) in [7, 11) is 0. The van der Waals surface area contributed by atoms with Crippen LogP contribution in [0.3, 0.4) is 0 Å². The van der Waals surface area contributed by atoms with E-state index in [-0.39, 0.29) is 196 Å². The summed E-state index contributed by atoms with van der Waals surface area (Å²) in [5, 5.41) is 0. The first kappa shape index (κ1) is 96.8. The monoisotopic (exact) mass is 665 g/mol. The maximum Gasteiger partial charge on any atom is 0 e. The number of rotatable bonds is 0. The number of hydrogen-bond donors (Lipinski definition) is 0. The molecule has 0 N–H and O–H groups in total. The molecule has 54 valence electrons. The summed E-state index contributed by atoms with van der Waals surface area (Å²) >= 11 is 0. The molecule has 0 fully saturated rings. The third-order valence-electron chi connectivity index (χ3n) is 0. The van der Waals surface area contributed by atoms with Crippen molar-refractivity contribution < 1.29 is 161 Å². The first-order chi connectivity index (χ1) is 0. The van der Waals surface area contributed by atoms with Gasteiger partial charge in [0.05, 0.1) is 0 Å². The predicted molar refractivity (Wildman–Crippen MR) is 11.5 cm³/mol. The maximum atomic E-state index is 0. The molecular formula is AlCoGeMnMoNbNiTiZnZr. The van der Waals surface area contributed by atoms with E-state index in [0.717, 1.165) is 0 Å². The van der Waals surface area contributed by atoms with Crippen LogP contribution in [0.25, 0.3) is 0 Å². The molecule has 0 aromatic rings. The molecule has 10 radical (unpaired) electrons. The van der Waals surface area contributed by atoms with E-state index in [0.29, 0.717) is 0 Å². The van der Waals surface area contributed by atoms with Gasteiger partial charge in [-0.05, 0) is 0 Å². The van der Waals surface area contributed by atoms with Gasteiger partial charge in [0.25, 0.3) is 0 Å². The summed E-state index contributed by atoms with van der Waals surface area (Å²) < 4.78 is 0. The van der Waals surface area contributed by atoms with Crippen LogP contribution in [0.1, 0.15) is 0 Å². The molecule has 0 unspecified atom stereocenters. The van der Waals surface area contributed by atoms with Crippen LogP contribution in [0.15, 0.2) is 0 Å². The summed E-state index contributed by atoms with van der Waals surface area (Å²) in [5.41, 5.74) is 0. The summed E-state index contributed by atoms with van der Waals surface area (Å²) in [4.78, 5) is 0. The van der Waals surface area contributed by atoms with Crippen LogP contribution in [0.4, 0.5) is 0 Å². The fourth-order valence-electron chi connectivity index (χ4n) is 0. The van der Waals surface area contributed by atoms with Crippen molar-refractivity contribution in [1.29, 1.82) is 0 Å². The molecule has 0 rings (SSSR count). The third-order valence-corrected chi connectivity index (χ3v) is 0. The Morgan fingerprint density at radius 3 is 1.00 bits per heavy atom. The molecular weight excluding hydrogens is 665 g/mol. The number of hydrogen-bond acceptors (Lipinski definition) is 0. The van der Waals surface area contributed by atoms with E-state index >= 15 is 0 Å². The quantitative estimate of drug-likeness (QED) is 0.299. The van der Waals surface area contributed by atoms with Crippen molar-refractivity contribution in [2.24, 2.45) is 0 Å². The minimum atomic E-state index is 0. The second-order valence-electron chi connectivity index (χ2n) is 0. The average molecular weight is 665 g/mol. The van der Waals surface area contributed by atoms with Gasteiger partial charge in [-0.1, -0.05) is 0 Å². The zero-order valence-electron chi connectivity index (χ0n) is 4.67. The molecule has 0 aliphatic heterocycles. The molecule has 0 heterocycles. The smallest absolute Gasteiger partial charge is 0 e. The van der Waals surface area contributed by atoms with Crippen molar-refractivity contribution in [2.45, 2.75) is 0 Å². The first-order valence-electron chi connectivity index (χ1n) is 0. The topological polar surface area (TPSA) is 0 Å². The van der Waals surface area contributed by atoms with Crippen molar-refractivity contribution in [3.05, 3.63) is 0 Å². The molecule has 0 bridgehead atoms. The molecule has 0 aromatic heterocycles. The largest absolute Gasteiger partial charge is 0 e. The second-order valence-corrected chi connectivity index (χ2v) is 0. The average Bonchev–Trinajstić information content (AvgIpc) is 0. The molecule has 0 amide bonds. The molecule has 0 saturated heterocycles. The Morgan fingerprint density at radius 1 is 1.00 bits per heavy atom. The molecule has 0 saturated carbocycles. The Morgan fingerprint density at radius 2 is 1.00 bits per heavy atom. The van der Waals surface area contributed by atoms with Crippen LogP contribution in [0.2, 0.25) is 0 Å². The van der Waals surface area contributed by atoms with Gasteiger partial charge in [0.15, 0.2) is 0 Å². The van der Waals surface area contributed by atoms with Crippen molar-refractivity contribution in [2.75, 3.05) is 0 Å². The fraction of sp³-hybridized carbons (Fsp3) is 0. The zero-order valence-corrected chi connectivity index (χ0v) is 22.3. The van der Waals surface area contributed by atoms with Gasteiger partial charge in [-0.25, -0.2) is 0 Å². The molecule has 0 spiro atoms. The van der Waals surface area contributed by atoms with Crippen LogP contribution < -0.4 is 0 Å². The SMILES string of the molecule is [Al].[Co].[Ge].[Mn].[Mo].[Nb].[Ni].[Ti].[Zn].[Zr]. The van der Waals surface area contributed by atoms with Crippen molar-refractivity contribution in [3.63, 3.8) is 0 Å². The Balaban J connectivity index is 0. The van der Waals surface area contributed by atoms with Crippen molar-refractivity contribution >= 4 is 35.0 Å². The Hall–Kier alpha value is 6.24. The van der Waals surface area contributed by atoms with Crippen LogP contribution in [0.5, 0.6) is 0 Å². The molecule has 0 nitrogen and oxygen atoms in total. The standard InChI is InChI=1S/Al.Co.Ge.Mn.Mo.Nb.Ni.Ti.Zn.Zr. The molecule has 0 aliphatic carbocycles. The van der Waals surface area contributed by atoms with Gasteiger partial charge in [0.1, 0.15) is 0 Å². The van der Waals surface area contributed by atoms with Crippen LogP contribution in [-0.4, -0.2) is 35.0 Å². The van der Waals surface area contributed by atoms with E-state index in [2.05, 4.69) is 0 Å². The van der Waals surface area contributed by atoms with Crippen LogP contribution in [-0.2, 0) is 161 Å². The van der Waals surface area contributed by atoms with Crippen LogP contribution >= 0.6 is 0 Å². The van der Waals surface area contributed by atoms with Crippen LogP contribution in [0, 0.1) is 0 Å². The fourth-order valence-corrected chi connectivity index (χ4v) is 0. The first-order valence-corrected chi connectivity index (χ1v) is 0. The Kier molecular flexibility index (Phi) is 768. The van der Waals surface area contributed by atoms with E-state index in [1.165, 1.54) is 0 Å².